The lowest BCUT2D eigenvalue weighted by atomic mass is 10.1. The van der Waals surface area contributed by atoms with Crippen LogP contribution in [0.1, 0.15) is 17.8 Å². The lowest BCUT2D eigenvalue weighted by Crippen LogP contribution is -2.23. The molecule has 0 saturated heterocycles. The number of aromatic nitrogens is 4. The standard InChI is InChI=1S/C23H21N7O/c1-17-26-20-10-5-6-11-21(20)30(17)16-22(31)27-25-14-19-15-29(13-7-12-24)28-23(19)18-8-3-2-4-9-18/h2-6,8-11,14-15H,7,13,16H2,1H3,(H,27,31)/b25-14-. The Morgan fingerprint density at radius 3 is 2.77 bits per heavy atom. The van der Waals surface area contributed by atoms with Crippen LogP contribution in [0.15, 0.2) is 65.9 Å². The van der Waals surface area contributed by atoms with Gasteiger partial charge in [0.15, 0.2) is 0 Å². The van der Waals surface area contributed by atoms with Gasteiger partial charge in [0.25, 0.3) is 5.91 Å². The molecule has 0 aliphatic rings. The summed E-state index contributed by atoms with van der Waals surface area (Å²) in [6.07, 6.45) is 3.76. The third-order valence-electron chi connectivity index (χ3n) is 4.83. The number of nitrogens with one attached hydrogen (secondary N) is 1. The Morgan fingerprint density at radius 2 is 1.97 bits per heavy atom. The maximum absolute atomic E-state index is 12.5. The Labute approximate surface area is 179 Å². The van der Waals surface area contributed by atoms with E-state index in [0.29, 0.717) is 13.0 Å². The van der Waals surface area contributed by atoms with E-state index in [2.05, 4.69) is 26.7 Å². The summed E-state index contributed by atoms with van der Waals surface area (Å²) in [7, 11) is 0. The first kappa shape index (κ1) is 20.0. The number of carbonyl (C=O) groups excluding carboxylic acids is 1. The van der Waals surface area contributed by atoms with Gasteiger partial charge in [-0.2, -0.15) is 15.5 Å². The fourth-order valence-electron chi connectivity index (χ4n) is 3.38. The molecule has 1 N–H and O–H groups in total. The monoisotopic (exact) mass is 411 g/mol. The van der Waals surface area contributed by atoms with Crippen LogP contribution >= 0.6 is 0 Å². The zero-order valence-corrected chi connectivity index (χ0v) is 17.1. The van der Waals surface area contributed by atoms with Gasteiger partial charge >= 0.3 is 0 Å². The van der Waals surface area contributed by atoms with Crippen molar-refractivity contribution in [3.8, 4) is 17.3 Å². The number of hydrazone groups is 1. The van der Waals surface area contributed by atoms with Gasteiger partial charge in [-0.15, -0.1) is 0 Å². The molecule has 4 rings (SSSR count). The fourth-order valence-corrected chi connectivity index (χ4v) is 3.38. The van der Waals surface area contributed by atoms with Crippen LogP contribution in [0.25, 0.3) is 22.3 Å². The number of nitrogens with zero attached hydrogens (tertiary/aromatic N) is 6. The van der Waals surface area contributed by atoms with E-state index in [-0.39, 0.29) is 12.5 Å². The first-order valence-corrected chi connectivity index (χ1v) is 9.89. The van der Waals surface area contributed by atoms with Crippen LogP contribution in [0, 0.1) is 18.3 Å². The molecule has 1 amide bonds. The van der Waals surface area contributed by atoms with Gasteiger partial charge in [0, 0.05) is 17.3 Å². The molecule has 0 bridgehead atoms. The summed E-state index contributed by atoms with van der Waals surface area (Å²) in [5.41, 5.74) is 6.79. The average Bonchev–Trinajstić information content (AvgIpc) is 3.33. The molecule has 2 aromatic carbocycles. The number of rotatable bonds is 7. The quantitative estimate of drug-likeness (QED) is 0.372. The molecular formula is C23H21N7O. The number of hydrogen-bond acceptors (Lipinski definition) is 5. The number of imidazole rings is 1. The van der Waals surface area contributed by atoms with Crippen molar-refractivity contribution in [2.45, 2.75) is 26.4 Å². The predicted octanol–water partition coefficient (Wildman–Crippen LogP) is 3.27. The second-order valence-corrected chi connectivity index (χ2v) is 7.00. The minimum atomic E-state index is -0.249. The molecule has 0 aliphatic carbocycles. The fraction of sp³-hybridized carbons (Fsp3) is 0.174. The van der Waals surface area contributed by atoms with E-state index in [4.69, 9.17) is 5.26 Å². The predicted molar refractivity (Wildman–Crippen MR) is 118 cm³/mol. The molecule has 8 heteroatoms. The maximum atomic E-state index is 12.5. The third-order valence-corrected chi connectivity index (χ3v) is 4.83. The number of fused-ring (bicyclic) bond motifs is 1. The van der Waals surface area contributed by atoms with E-state index in [9.17, 15) is 4.79 Å². The smallest absolute Gasteiger partial charge is 0.260 e. The summed E-state index contributed by atoms with van der Waals surface area (Å²) in [6.45, 7) is 2.48. The van der Waals surface area contributed by atoms with Crippen molar-refractivity contribution < 1.29 is 4.79 Å². The maximum Gasteiger partial charge on any atom is 0.260 e. The second kappa shape index (κ2) is 9.05. The highest BCUT2D eigenvalue weighted by Crippen LogP contribution is 2.20. The van der Waals surface area contributed by atoms with Gasteiger partial charge in [0.05, 0.1) is 36.3 Å². The van der Waals surface area contributed by atoms with Crippen molar-refractivity contribution in [2.24, 2.45) is 5.10 Å². The summed E-state index contributed by atoms with van der Waals surface area (Å²) < 4.78 is 3.57. The van der Waals surface area contributed by atoms with Crippen molar-refractivity contribution in [2.75, 3.05) is 0 Å². The minimum absolute atomic E-state index is 0.122. The van der Waals surface area contributed by atoms with E-state index >= 15 is 0 Å². The van der Waals surface area contributed by atoms with Gasteiger partial charge in [0.2, 0.25) is 0 Å². The summed E-state index contributed by atoms with van der Waals surface area (Å²) in [5.74, 6) is 0.520. The summed E-state index contributed by atoms with van der Waals surface area (Å²) >= 11 is 0. The topological polar surface area (TPSA) is 101 Å². The third kappa shape index (κ3) is 4.51. The second-order valence-electron chi connectivity index (χ2n) is 7.00. The molecule has 0 unspecified atom stereocenters. The summed E-state index contributed by atoms with van der Waals surface area (Å²) in [4.78, 5) is 16.9. The van der Waals surface area contributed by atoms with Crippen LogP contribution in [0.4, 0.5) is 0 Å². The molecule has 2 aromatic heterocycles. The van der Waals surface area contributed by atoms with Crippen molar-refractivity contribution in [1.29, 1.82) is 5.26 Å². The van der Waals surface area contributed by atoms with Crippen LogP contribution in [0.5, 0.6) is 0 Å². The van der Waals surface area contributed by atoms with E-state index in [0.717, 1.165) is 33.7 Å². The molecule has 0 spiro atoms. The first-order valence-electron chi connectivity index (χ1n) is 9.89. The molecule has 0 radical (unpaired) electrons. The Morgan fingerprint density at radius 1 is 1.19 bits per heavy atom. The SMILES string of the molecule is Cc1nc2ccccc2n1CC(=O)N/N=C\c1cn(CCC#N)nc1-c1ccccc1. The summed E-state index contributed by atoms with van der Waals surface area (Å²) in [6, 6.07) is 19.5. The van der Waals surface area contributed by atoms with Crippen LogP contribution in [-0.4, -0.2) is 31.5 Å². The molecule has 2 heterocycles. The van der Waals surface area contributed by atoms with E-state index in [1.807, 2.05) is 72.3 Å². The molecule has 0 fully saturated rings. The van der Waals surface area contributed by atoms with Gasteiger partial charge in [-0.05, 0) is 19.1 Å². The highest BCUT2D eigenvalue weighted by atomic mass is 16.2. The van der Waals surface area contributed by atoms with Crippen LogP contribution in [-0.2, 0) is 17.9 Å². The molecule has 0 aliphatic heterocycles. The number of para-hydroxylation sites is 2. The molecule has 8 nitrogen and oxygen atoms in total. The molecule has 0 saturated carbocycles. The highest BCUT2D eigenvalue weighted by molar-refractivity contribution is 5.89. The molecule has 31 heavy (non-hydrogen) atoms. The molecule has 4 aromatic rings. The number of benzene rings is 2. The lowest BCUT2D eigenvalue weighted by molar-refractivity contribution is -0.121. The number of amides is 1. The van der Waals surface area contributed by atoms with Crippen molar-refractivity contribution in [1.82, 2.24) is 24.8 Å². The van der Waals surface area contributed by atoms with Crippen molar-refractivity contribution >= 4 is 23.2 Å². The lowest BCUT2D eigenvalue weighted by Gasteiger charge is -2.05. The Balaban J connectivity index is 1.50. The van der Waals surface area contributed by atoms with Gasteiger partial charge in [-0.25, -0.2) is 10.4 Å². The van der Waals surface area contributed by atoms with E-state index in [1.54, 1.807) is 10.9 Å². The van der Waals surface area contributed by atoms with Gasteiger partial charge < -0.3 is 4.57 Å². The van der Waals surface area contributed by atoms with Gasteiger partial charge in [0.1, 0.15) is 18.1 Å². The minimum Gasteiger partial charge on any atom is -0.319 e. The van der Waals surface area contributed by atoms with E-state index < -0.39 is 0 Å². The largest absolute Gasteiger partial charge is 0.319 e. The average molecular weight is 411 g/mol. The number of hydrogen-bond donors (Lipinski definition) is 1. The Bertz CT molecular complexity index is 1280. The van der Waals surface area contributed by atoms with Crippen molar-refractivity contribution in [3.05, 3.63) is 72.2 Å². The van der Waals surface area contributed by atoms with Crippen LogP contribution in [0.2, 0.25) is 0 Å². The van der Waals surface area contributed by atoms with Crippen molar-refractivity contribution in [3.63, 3.8) is 0 Å². The Hall–Kier alpha value is -4.25. The number of nitriles is 1. The zero-order valence-electron chi connectivity index (χ0n) is 17.1. The van der Waals surface area contributed by atoms with Gasteiger partial charge in [-0.3, -0.25) is 9.48 Å². The number of aryl methyl sites for hydroxylation is 2. The zero-order chi connectivity index (χ0) is 21.6. The first-order chi connectivity index (χ1) is 15.2. The van der Waals surface area contributed by atoms with Crippen LogP contribution < -0.4 is 5.43 Å². The molecule has 0 atom stereocenters. The Kier molecular flexibility index (Phi) is 5.85. The van der Waals surface area contributed by atoms with E-state index in [1.165, 1.54) is 0 Å². The summed E-state index contributed by atoms with van der Waals surface area (Å²) in [5, 5.41) is 17.5. The molecule has 154 valence electrons. The van der Waals surface area contributed by atoms with Gasteiger partial charge in [-0.1, -0.05) is 42.5 Å². The molecular weight excluding hydrogens is 390 g/mol. The van der Waals surface area contributed by atoms with Crippen LogP contribution in [0.3, 0.4) is 0 Å². The highest BCUT2D eigenvalue weighted by Gasteiger charge is 2.12. The number of carbonyl (C=O) groups is 1. The normalized spacial score (nSPS) is 11.1.